The van der Waals surface area contributed by atoms with Crippen LogP contribution in [0.4, 0.5) is 0 Å². The molecule has 0 radical (unpaired) electrons. The van der Waals surface area contributed by atoms with E-state index >= 15 is 0 Å². The Bertz CT molecular complexity index is 138. The lowest BCUT2D eigenvalue weighted by Crippen LogP contribution is -2.21. The molecule has 1 rings (SSSR count). The molecule has 0 aromatic rings. The standard InChI is InChI=1S/C2H5N3S2/c3-1-4-5-2(6)7-1/h4,7H,3H2,(H,5,6). The lowest BCUT2D eigenvalue weighted by atomic mass is 11.2. The molecule has 0 aromatic heterocycles. The predicted molar refractivity (Wildman–Crippen MR) is 37.7 cm³/mol. The number of hydrogen-bond acceptors (Lipinski definition) is 3. The Balaban J connectivity index is 2.69. The Labute approximate surface area is 50.3 Å². The molecule has 1 aliphatic heterocycles. The van der Waals surface area contributed by atoms with E-state index in [4.69, 9.17) is 5.73 Å². The van der Waals surface area contributed by atoms with Crippen molar-refractivity contribution >= 4 is 33.5 Å². The van der Waals surface area contributed by atoms with E-state index in [1.807, 2.05) is 0 Å². The summed E-state index contributed by atoms with van der Waals surface area (Å²) in [4.78, 5) is 0. The van der Waals surface area contributed by atoms with Gasteiger partial charge in [-0.05, 0) is 0 Å². The van der Waals surface area contributed by atoms with Crippen molar-refractivity contribution < 1.29 is 0 Å². The van der Waals surface area contributed by atoms with Gasteiger partial charge in [0.15, 0.2) is 0 Å². The Morgan fingerprint density at radius 1 is 1.86 bits per heavy atom. The molecule has 0 unspecified atom stereocenters. The summed E-state index contributed by atoms with van der Waals surface area (Å²) in [5, 5.41) is 4.32. The monoisotopic (exact) mass is 135 g/mol. The molecule has 7 heavy (non-hydrogen) atoms. The zero-order valence-corrected chi connectivity index (χ0v) is 5.21. The first kappa shape index (κ1) is 5.14. The van der Waals surface area contributed by atoms with E-state index in [2.05, 4.69) is 23.2 Å². The molecule has 3 nitrogen and oxygen atoms in total. The number of thiol groups is 2. The summed E-state index contributed by atoms with van der Waals surface area (Å²) in [6.07, 6.45) is 0. The number of nitrogens with zero attached hydrogens (tertiary/aromatic N) is 1. The van der Waals surface area contributed by atoms with E-state index in [0.717, 1.165) is 15.7 Å². The van der Waals surface area contributed by atoms with E-state index in [-0.39, 0.29) is 0 Å². The van der Waals surface area contributed by atoms with Gasteiger partial charge in [0.1, 0.15) is 9.49 Å². The fraction of sp³-hybridized carbons (Fsp3) is 0. The molecule has 40 valence electrons. The molecule has 0 aromatic carbocycles. The zero-order chi connectivity index (χ0) is 5.28. The topological polar surface area (TPSA) is 50.4 Å². The van der Waals surface area contributed by atoms with Gasteiger partial charge in [0.25, 0.3) is 0 Å². The lowest BCUT2D eigenvalue weighted by Gasteiger charge is -1.83. The minimum Gasteiger partial charge on any atom is -0.282 e. The van der Waals surface area contributed by atoms with Crippen LogP contribution in [-0.2, 0) is 0 Å². The molecular weight excluding hydrogens is 130 g/mol. The Kier molecular flexibility index (Phi) is 1.36. The van der Waals surface area contributed by atoms with E-state index in [1.165, 1.54) is 0 Å². The summed E-state index contributed by atoms with van der Waals surface area (Å²) < 4.78 is 0.720. The summed E-state index contributed by atoms with van der Waals surface area (Å²) in [5.74, 6) is 0. The largest absolute Gasteiger partial charge is 0.282 e. The molecular formula is C2H5N3S2. The minimum atomic E-state index is 0.644. The number of hydrogen-bond donors (Lipinski definition) is 4. The summed E-state index contributed by atoms with van der Waals surface area (Å²) in [7, 11) is 0. The zero-order valence-electron chi connectivity index (χ0n) is 3.42. The predicted octanol–water partition coefficient (Wildman–Crippen LogP) is -0.698. The van der Waals surface area contributed by atoms with Crippen molar-refractivity contribution in [2.24, 2.45) is 10.8 Å². The second-order valence-corrected chi connectivity index (χ2v) is 2.93. The fourth-order valence-electron chi connectivity index (χ4n) is 0.265. The van der Waals surface area contributed by atoms with Crippen molar-refractivity contribution in [2.75, 3.05) is 0 Å². The van der Waals surface area contributed by atoms with Gasteiger partial charge < -0.3 is 0 Å². The lowest BCUT2D eigenvalue weighted by molar-refractivity contribution is 1.05. The second-order valence-electron chi connectivity index (χ2n) is 1.02. The van der Waals surface area contributed by atoms with Crippen molar-refractivity contribution in [1.29, 1.82) is 0 Å². The van der Waals surface area contributed by atoms with Gasteiger partial charge in [-0.3, -0.25) is 11.2 Å². The van der Waals surface area contributed by atoms with Gasteiger partial charge >= 0.3 is 0 Å². The molecule has 0 fully saturated rings. The van der Waals surface area contributed by atoms with Gasteiger partial charge in [-0.1, -0.05) is 0 Å². The van der Waals surface area contributed by atoms with Crippen molar-refractivity contribution in [1.82, 2.24) is 5.43 Å². The third kappa shape index (κ3) is 1.19. The molecule has 0 saturated heterocycles. The van der Waals surface area contributed by atoms with Crippen LogP contribution in [0, 0.1) is 0 Å². The average molecular weight is 135 g/mol. The minimum absolute atomic E-state index is 0.644. The Morgan fingerprint density at radius 3 is 2.71 bits per heavy atom. The van der Waals surface area contributed by atoms with Crippen LogP contribution in [-0.4, -0.2) is 9.49 Å². The number of rotatable bonds is 0. The second kappa shape index (κ2) is 1.85. The highest BCUT2D eigenvalue weighted by atomic mass is 32.2. The Hall–Kier alpha value is -0.000000000000000111. The van der Waals surface area contributed by atoms with Crippen LogP contribution in [0.2, 0.25) is 0 Å². The van der Waals surface area contributed by atoms with Crippen LogP contribution >= 0.6 is 24.0 Å². The quantitative estimate of drug-likeness (QED) is 0.262. The smallest absolute Gasteiger partial charge is 0.141 e. The molecule has 3 N–H and O–H groups in total. The normalized spacial score (nSPS) is 19.1. The highest BCUT2D eigenvalue weighted by Crippen LogP contribution is 2.00. The maximum absolute atomic E-state index is 5.25. The maximum Gasteiger partial charge on any atom is 0.141 e. The van der Waals surface area contributed by atoms with Crippen molar-refractivity contribution in [3.63, 3.8) is 0 Å². The maximum atomic E-state index is 5.25. The van der Waals surface area contributed by atoms with Crippen molar-refractivity contribution in [2.45, 2.75) is 0 Å². The molecule has 0 spiro atoms. The first-order valence-corrected chi connectivity index (χ1v) is 3.00. The van der Waals surface area contributed by atoms with Gasteiger partial charge in [0.05, 0.1) is 0 Å². The highest BCUT2D eigenvalue weighted by molar-refractivity contribution is 8.31. The van der Waals surface area contributed by atoms with E-state index < -0.39 is 0 Å². The summed E-state index contributed by atoms with van der Waals surface area (Å²) in [6.45, 7) is 0. The van der Waals surface area contributed by atoms with Crippen LogP contribution < -0.4 is 11.2 Å². The highest BCUT2D eigenvalue weighted by Gasteiger charge is 1.95. The molecule has 1 aliphatic rings. The molecule has 0 aliphatic carbocycles. The van der Waals surface area contributed by atoms with Crippen LogP contribution in [0.3, 0.4) is 0 Å². The number of nitrogens with two attached hydrogens (primary N) is 1. The fourth-order valence-corrected chi connectivity index (χ4v) is 1.05. The van der Waals surface area contributed by atoms with E-state index in [0.29, 0.717) is 5.11 Å². The number of nitrogens with one attached hydrogen (secondary N) is 1. The van der Waals surface area contributed by atoms with Crippen molar-refractivity contribution in [3.8, 4) is 0 Å². The third-order valence-electron chi connectivity index (χ3n) is 0.491. The SMILES string of the molecule is NC1=[SH]C(S)=NN1. The van der Waals surface area contributed by atoms with Crippen LogP contribution in [0.25, 0.3) is 0 Å². The molecule has 1 heterocycles. The van der Waals surface area contributed by atoms with Gasteiger partial charge in [0.2, 0.25) is 0 Å². The Morgan fingerprint density at radius 2 is 2.57 bits per heavy atom. The van der Waals surface area contributed by atoms with Crippen molar-refractivity contribution in [3.05, 3.63) is 0 Å². The first-order chi connectivity index (χ1) is 3.29. The molecule has 5 heteroatoms. The molecule has 0 bridgehead atoms. The number of hydrazone groups is 1. The van der Waals surface area contributed by atoms with Crippen LogP contribution in [0.5, 0.6) is 0 Å². The van der Waals surface area contributed by atoms with Crippen LogP contribution in [0.15, 0.2) is 5.10 Å². The molecule has 0 saturated carbocycles. The molecule has 0 atom stereocenters. The molecule has 0 amide bonds. The van der Waals surface area contributed by atoms with Crippen LogP contribution in [0.1, 0.15) is 0 Å². The van der Waals surface area contributed by atoms with E-state index in [1.54, 1.807) is 0 Å². The van der Waals surface area contributed by atoms with Gasteiger partial charge in [-0.2, -0.15) is 5.10 Å². The average Bonchev–Trinajstić information content (AvgIpc) is 1.87. The van der Waals surface area contributed by atoms with Gasteiger partial charge in [-0.15, -0.1) is 24.0 Å². The third-order valence-corrected chi connectivity index (χ3v) is 1.53. The summed E-state index contributed by atoms with van der Waals surface area (Å²) >= 11 is 4.81. The first-order valence-electron chi connectivity index (χ1n) is 1.66. The van der Waals surface area contributed by atoms with Gasteiger partial charge in [0, 0.05) is 0 Å². The summed E-state index contributed by atoms with van der Waals surface area (Å²) in [6, 6.07) is 0. The van der Waals surface area contributed by atoms with E-state index in [9.17, 15) is 0 Å². The van der Waals surface area contributed by atoms with Gasteiger partial charge in [-0.25, -0.2) is 0 Å². The summed E-state index contributed by atoms with van der Waals surface area (Å²) in [5.41, 5.74) is 7.82.